The molecule has 2 nitrogen and oxygen atoms in total. The van der Waals surface area contributed by atoms with Crippen molar-refractivity contribution in [1.29, 1.82) is 0 Å². The van der Waals surface area contributed by atoms with Crippen LogP contribution < -0.4 is 0 Å². The van der Waals surface area contributed by atoms with Gasteiger partial charge in [0.25, 0.3) is 0 Å². The van der Waals surface area contributed by atoms with Gasteiger partial charge in [-0.1, -0.05) is 31.2 Å². The van der Waals surface area contributed by atoms with Crippen LogP contribution in [0, 0.1) is 0 Å². The maximum Gasteiger partial charge on any atom is 0.106 e. The lowest BCUT2D eigenvalue weighted by Gasteiger charge is -2.13. The summed E-state index contributed by atoms with van der Waals surface area (Å²) < 4.78 is 0. The Morgan fingerprint density at radius 1 is 1.27 bits per heavy atom. The highest BCUT2D eigenvalue weighted by Crippen LogP contribution is 2.24. The molecule has 2 heteroatoms. The molecule has 2 N–H and O–H groups in total. The molecule has 1 unspecified atom stereocenters. The molecule has 1 atom stereocenters. The van der Waals surface area contributed by atoms with E-state index in [1.54, 1.807) is 0 Å². The van der Waals surface area contributed by atoms with E-state index in [0.29, 0.717) is 0 Å². The molecule has 0 radical (unpaired) electrons. The molecule has 0 amide bonds. The zero-order valence-electron chi connectivity index (χ0n) is 8.77. The van der Waals surface area contributed by atoms with Crippen LogP contribution in [0.15, 0.2) is 42.7 Å². The summed E-state index contributed by atoms with van der Waals surface area (Å²) in [4.78, 5) is 2.96. The molecule has 0 fully saturated rings. The SMILES string of the molecule is CCc1ccccc1C(O)c1cc[nH]c1. The smallest absolute Gasteiger partial charge is 0.106 e. The van der Waals surface area contributed by atoms with Gasteiger partial charge in [0.15, 0.2) is 0 Å². The lowest BCUT2D eigenvalue weighted by atomic mass is 9.97. The summed E-state index contributed by atoms with van der Waals surface area (Å²) in [5.41, 5.74) is 3.11. The van der Waals surface area contributed by atoms with E-state index in [1.165, 1.54) is 5.56 Å². The zero-order valence-corrected chi connectivity index (χ0v) is 8.77. The highest BCUT2D eigenvalue weighted by molar-refractivity contribution is 5.34. The molecule has 0 bridgehead atoms. The third kappa shape index (κ3) is 1.95. The minimum absolute atomic E-state index is 0.521. The van der Waals surface area contributed by atoms with Crippen molar-refractivity contribution < 1.29 is 5.11 Å². The number of nitrogens with one attached hydrogen (secondary N) is 1. The van der Waals surface area contributed by atoms with Crippen molar-refractivity contribution in [2.75, 3.05) is 0 Å². The Balaban J connectivity index is 2.37. The topological polar surface area (TPSA) is 36.0 Å². The van der Waals surface area contributed by atoms with Crippen LogP contribution in [0.4, 0.5) is 0 Å². The van der Waals surface area contributed by atoms with Crippen LogP contribution in [-0.2, 0) is 6.42 Å². The molecular weight excluding hydrogens is 186 g/mol. The maximum atomic E-state index is 10.2. The Kier molecular flexibility index (Phi) is 2.88. The number of aliphatic hydroxyl groups excluding tert-OH is 1. The Hall–Kier alpha value is -1.54. The third-order valence-corrected chi connectivity index (χ3v) is 2.67. The van der Waals surface area contributed by atoms with Crippen LogP contribution in [-0.4, -0.2) is 10.1 Å². The Labute approximate surface area is 89.6 Å². The number of aromatic nitrogens is 1. The van der Waals surface area contributed by atoms with Crippen molar-refractivity contribution in [2.45, 2.75) is 19.4 Å². The largest absolute Gasteiger partial charge is 0.384 e. The second-order valence-corrected chi connectivity index (χ2v) is 3.60. The van der Waals surface area contributed by atoms with E-state index in [2.05, 4.69) is 18.0 Å². The van der Waals surface area contributed by atoms with E-state index in [-0.39, 0.29) is 0 Å². The summed E-state index contributed by atoms with van der Waals surface area (Å²) in [5, 5.41) is 10.2. The number of hydrogen-bond donors (Lipinski definition) is 2. The summed E-state index contributed by atoms with van der Waals surface area (Å²) >= 11 is 0. The van der Waals surface area contributed by atoms with Gasteiger partial charge in [0.2, 0.25) is 0 Å². The van der Waals surface area contributed by atoms with Crippen LogP contribution >= 0.6 is 0 Å². The maximum absolute atomic E-state index is 10.2. The summed E-state index contributed by atoms with van der Waals surface area (Å²) in [6.45, 7) is 2.10. The number of hydrogen-bond acceptors (Lipinski definition) is 1. The number of aryl methyl sites for hydroxylation is 1. The molecule has 2 aromatic rings. The third-order valence-electron chi connectivity index (χ3n) is 2.67. The lowest BCUT2D eigenvalue weighted by Crippen LogP contribution is -2.02. The van der Waals surface area contributed by atoms with E-state index < -0.39 is 6.10 Å². The van der Waals surface area contributed by atoms with Crippen molar-refractivity contribution in [3.63, 3.8) is 0 Å². The molecule has 0 aliphatic rings. The first kappa shape index (κ1) is 9.99. The van der Waals surface area contributed by atoms with Gasteiger partial charge >= 0.3 is 0 Å². The van der Waals surface area contributed by atoms with Gasteiger partial charge in [0, 0.05) is 18.0 Å². The minimum atomic E-state index is -0.521. The highest BCUT2D eigenvalue weighted by atomic mass is 16.3. The van der Waals surface area contributed by atoms with E-state index >= 15 is 0 Å². The predicted octanol–water partition coefficient (Wildman–Crippen LogP) is 2.66. The summed E-state index contributed by atoms with van der Waals surface area (Å²) in [7, 11) is 0. The van der Waals surface area contributed by atoms with E-state index in [0.717, 1.165) is 17.5 Å². The normalized spacial score (nSPS) is 12.7. The fourth-order valence-corrected chi connectivity index (χ4v) is 1.81. The van der Waals surface area contributed by atoms with Crippen molar-refractivity contribution in [3.8, 4) is 0 Å². The van der Waals surface area contributed by atoms with Gasteiger partial charge in [0.1, 0.15) is 6.10 Å². The first-order valence-electron chi connectivity index (χ1n) is 5.21. The molecule has 0 saturated heterocycles. The number of rotatable bonds is 3. The Morgan fingerprint density at radius 3 is 2.73 bits per heavy atom. The van der Waals surface area contributed by atoms with Gasteiger partial charge < -0.3 is 10.1 Å². The summed E-state index contributed by atoms with van der Waals surface area (Å²) in [5.74, 6) is 0. The fraction of sp³-hybridized carbons (Fsp3) is 0.231. The molecule has 1 aromatic carbocycles. The second-order valence-electron chi connectivity index (χ2n) is 3.60. The molecule has 0 spiro atoms. The molecule has 0 aliphatic carbocycles. The highest BCUT2D eigenvalue weighted by Gasteiger charge is 2.13. The lowest BCUT2D eigenvalue weighted by molar-refractivity contribution is 0.219. The predicted molar refractivity (Wildman–Crippen MR) is 60.7 cm³/mol. The molecular formula is C13H15NO. The minimum Gasteiger partial charge on any atom is -0.384 e. The zero-order chi connectivity index (χ0) is 10.7. The Morgan fingerprint density at radius 2 is 2.07 bits per heavy atom. The second kappa shape index (κ2) is 4.32. The quantitative estimate of drug-likeness (QED) is 0.786. The van der Waals surface area contributed by atoms with E-state index in [4.69, 9.17) is 0 Å². The van der Waals surface area contributed by atoms with Crippen LogP contribution in [0.2, 0.25) is 0 Å². The first-order valence-corrected chi connectivity index (χ1v) is 5.21. The van der Waals surface area contributed by atoms with Crippen molar-refractivity contribution in [3.05, 3.63) is 59.4 Å². The number of benzene rings is 1. The van der Waals surface area contributed by atoms with Crippen molar-refractivity contribution in [2.24, 2.45) is 0 Å². The number of aliphatic hydroxyl groups is 1. The Bertz CT molecular complexity index is 420. The van der Waals surface area contributed by atoms with Gasteiger partial charge in [-0.15, -0.1) is 0 Å². The van der Waals surface area contributed by atoms with Crippen LogP contribution in [0.1, 0.15) is 29.7 Å². The van der Waals surface area contributed by atoms with Crippen LogP contribution in [0.5, 0.6) is 0 Å². The number of H-pyrrole nitrogens is 1. The molecule has 0 aliphatic heterocycles. The van der Waals surface area contributed by atoms with Gasteiger partial charge in [-0.25, -0.2) is 0 Å². The molecule has 1 aromatic heterocycles. The molecule has 1 heterocycles. The van der Waals surface area contributed by atoms with Crippen molar-refractivity contribution in [1.82, 2.24) is 4.98 Å². The molecule has 2 rings (SSSR count). The van der Waals surface area contributed by atoms with Gasteiger partial charge in [-0.05, 0) is 23.6 Å². The standard InChI is InChI=1S/C13H15NO/c1-2-10-5-3-4-6-12(10)13(15)11-7-8-14-9-11/h3-9,13-15H,2H2,1H3. The van der Waals surface area contributed by atoms with Crippen LogP contribution in [0.25, 0.3) is 0 Å². The molecule has 0 saturated carbocycles. The van der Waals surface area contributed by atoms with Gasteiger partial charge in [-0.2, -0.15) is 0 Å². The molecule has 15 heavy (non-hydrogen) atoms. The average molecular weight is 201 g/mol. The van der Waals surface area contributed by atoms with Crippen LogP contribution in [0.3, 0.4) is 0 Å². The number of aromatic amines is 1. The summed E-state index contributed by atoms with van der Waals surface area (Å²) in [6.07, 6.45) is 4.08. The van der Waals surface area contributed by atoms with Gasteiger partial charge in [0.05, 0.1) is 0 Å². The van der Waals surface area contributed by atoms with Gasteiger partial charge in [-0.3, -0.25) is 0 Å². The monoisotopic (exact) mass is 201 g/mol. The molecule has 78 valence electrons. The summed E-state index contributed by atoms with van der Waals surface area (Å²) in [6, 6.07) is 9.91. The average Bonchev–Trinajstić information content (AvgIpc) is 2.81. The van der Waals surface area contributed by atoms with E-state index in [9.17, 15) is 5.11 Å². The van der Waals surface area contributed by atoms with E-state index in [1.807, 2.05) is 36.7 Å². The van der Waals surface area contributed by atoms with Crippen molar-refractivity contribution >= 4 is 0 Å². The fourth-order valence-electron chi connectivity index (χ4n) is 1.81. The first-order chi connectivity index (χ1) is 7.33.